The first-order valence-electron chi connectivity index (χ1n) is 9.83. The topological polar surface area (TPSA) is 165 Å². The molecule has 2 aromatic rings. The van der Waals surface area contributed by atoms with Gasteiger partial charge in [0.1, 0.15) is 11.5 Å². The van der Waals surface area contributed by atoms with E-state index in [-0.39, 0.29) is 54.0 Å². The second-order valence-electron chi connectivity index (χ2n) is 7.14. The van der Waals surface area contributed by atoms with Crippen LogP contribution in [0.1, 0.15) is 25.0 Å². The van der Waals surface area contributed by atoms with Crippen molar-refractivity contribution in [2.45, 2.75) is 13.8 Å². The van der Waals surface area contributed by atoms with Gasteiger partial charge in [0.25, 0.3) is 0 Å². The summed E-state index contributed by atoms with van der Waals surface area (Å²) in [4.78, 5) is 0. The van der Waals surface area contributed by atoms with Crippen LogP contribution in [0.15, 0.2) is 59.2 Å². The summed E-state index contributed by atoms with van der Waals surface area (Å²) in [6.45, 7) is 2.77. The Morgan fingerprint density at radius 1 is 0.743 bits per heavy atom. The number of benzene rings is 2. The summed E-state index contributed by atoms with van der Waals surface area (Å²) in [7, 11) is -5.01. The Hall–Kier alpha value is -2.50. The van der Waals surface area contributed by atoms with Crippen LogP contribution in [0.2, 0.25) is 0 Å². The quantitative estimate of drug-likeness (QED) is 0.298. The van der Waals surface area contributed by atoms with E-state index < -0.39 is 26.7 Å². The molecule has 0 aromatic heterocycles. The number of para-hydroxylation sites is 2. The number of nitrogens with one attached hydrogen (secondary N) is 2. The summed E-state index contributed by atoms with van der Waals surface area (Å²) in [5.41, 5.74) is 0.402. The first kappa shape index (κ1) is 28.7. The maximum Gasteiger partial charge on any atom is 2.00 e. The van der Waals surface area contributed by atoms with Gasteiger partial charge >= 0.3 is 35.6 Å². The summed E-state index contributed by atoms with van der Waals surface area (Å²) >= 11 is 0. The zero-order chi connectivity index (χ0) is 25.3. The minimum atomic E-state index is -3.71. The Balaban J connectivity index is 0.000000240. The molecule has 188 valence electrons. The molecule has 0 amide bonds. The van der Waals surface area contributed by atoms with E-state index in [0.29, 0.717) is 11.1 Å². The molecule has 2 N–H and O–H groups in total. The second-order valence-corrected chi connectivity index (χ2v) is 11.1. The van der Waals surface area contributed by atoms with Crippen LogP contribution in [0.3, 0.4) is 0 Å². The van der Waals surface area contributed by atoms with Crippen LogP contribution in [0.25, 0.3) is 11.5 Å². The molecular weight excluding hydrogens is 589 g/mol. The molecule has 0 saturated carbocycles. The molecule has 2 atom stereocenters. The van der Waals surface area contributed by atoms with Gasteiger partial charge in [-0.05, 0) is 26.0 Å². The molecule has 0 radical (unpaired) electrons. The molecular formula is C22H22N2O8P2Pd. The summed E-state index contributed by atoms with van der Waals surface area (Å²) in [6.07, 6.45) is 0. The molecule has 2 heterocycles. The summed E-state index contributed by atoms with van der Waals surface area (Å²) in [5.74, 6) is -0.477. The van der Waals surface area contributed by atoms with Crippen molar-refractivity contribution >= 4 is 38.1 Å². The van der Waals surface area contributed by atoms with E-state index in [1.807, 2.05) is 0 Å². The monoisotopic (exact) mass is 610 g/mol. The zero-order valence-corrected chi connectivity index (χ0v) is 22.4. The maximum atomic E-state index is 12.3. The molecule has 13 heteroatoms. The van der Waals surface area contributed by atoms with Crippen LogP contribution in [0.5, 0.6) is 11.5 Å². The molecule has 0 bridgehead atoms. The number of rotatable bonds is 4. The van der Waals surface area contributed by atoms with Crippen molar-refractivity contribution in [2.24, 2.45) is 0 Å². The van der Waals surface area contributed by atoms with E-state index in [9.17, 15) is 19.3 Å². The Morgan fingerprint density at radius 2 is 1.06 bits per heavy atom. The molecule has 2 aromatic carbocycles. The molecule has 0 fully saturated rings. The minimum Gasteiger partial charge on any atom is -0.871 e. The summed E-state index contributed by atoms with van der Waals surface area (Å²) in [5, 5.41) is 38.9. The van der Waals surface area contributed by atoms with Crippen LogP contribution < -0.4 is 19.3 Å². The van der Waals surface area contributed by atoms with Gasteiger partial charge in [-0.15, -0.1) is 0 Å². The molecule has 10 nitrogen and oxygen atoms in total. The molecule has 0 saturated heterocycles. The molecule has 0 spiro atoms. The van der Waals surface area contributed by atoms with Gasteiger partial charge in [0, 0.05) is 36.8 Å². The molecule has 2 aliphatic rings. The SMILES string of the molecule is COP1(=O)Oc2ccccc2C([O-])=C1C(C)=N.COP1(=O)Oc2ccccc2C([O-])=C1C(C)=N.[Pd+2]. The molecule has 0 aliphatic carbocycles. The summed E-state index contributed by atoms with van der Waals surface area (Å²) < 4.78 is 44.7. The molecule has 35 heavy (non-hydrogen) atoms. The Labute approximate surface area is 216 Å². The second kappa shape index (κ2) is 11.0. The van der Waals surface area contributed by atoms with Crippen LogP contribution in [0.4, 0.5) is 0 Å². The standard InChI is InChI=1S/2C11H12NO4P.Pd/c2*1-7(12)11-10(13)8-5-3-4-6-9(8)16-17(11,14)15-2;/h2*3-6,12-13H,1-2H3;/q;;+2/p-2. The third kappa shape index (κ3) is 5.36. The van der Waals surface area contributed by atoms with Gasteiger partial charge in [-0.1, -0.05) is 47.9 Å². The average molecular weight is 611 g/mol. The fourth-order valence-corrected chi connectivity index (χ4v) is 6.42. The van der Waals surface area contributed by atoms with E-state index in [0.717, 1.165) is 0 Å². The molecule has 4 rings (SSSR count). The zero-order valence-electron chi connectivity index (χ0n) is 19.1. The van der Waals surface area contributed by atoms with Gasteiger partial charge in [0.15, 0.2) is 0 Å². The van der Waals surface area contributed by atoms with Gasteiger partial charge in [-0.25, -0.2) is 9.13 Å². The summed E-state index contributed by atoms with van der Waals surface area (Å²) in [6, 6.07) is 13.0. The fraction of sp³-hybridized carbons (Fsp3) is 0.182. The Morgan fingerprint density at radius 3 is 1.34 bits per heavy atom. The van der Waals surface area contributed by atoms with E-state index in [1.54, 1.807) is 48.5 Å². The first-order chi connectivity index (χ1) is 16.0. The normalized spacial score (nSPS) is 22.3. The van der Waals surface area contributed by atoms with Gasteiger partial charge < -0.3 is 30.1 Å². The van der Waals surface area contributed by atoms with Crippen LogP contribution in [0, 0.1) is 10.8 Å². The Bertz CT molecular complexity index is 1240. The predicted octanol–water partition coefficient (Wildman–Crippen LogP) is 3.97. The predicted molar refractivity (Wildman–Crippen MR) is 124 cm³/mol. The van der Waals surface area contributed by atoms with Crippen LogP contribution in [-0.2, 0) is 38.6 Å². The van der Waals surface area contributed by atoms with Crippen LogP contribution >= 0.6 is 15.2 Å². The first-order valence-corrected chi connectivity index (χ1v) is 12.9. The van der Waals surface area contributed by atoms with Crippen molar-refractivity contribution in [3.05, 3.63) is 70.3 Å². The number of hydrogen-bond acceptors (Lipinski definition) is 10. The van der Waals surface area contributed by atoms with Crippen molar-refractivity contribution in [3.8, 4) is 11.5 Å². The minimum absolute atomic E-state index is 0. The van der Waals surface area contributed by atoms with E-state index in [4.69, 9.17) is 28.9 Å². The van der Waals surface area contributed by atoms with E-state index in [1.165, 1.54) is 28.1 Å². The van der Waals surface area contributed by atoms with Gasteiger partial charge in [-0.3, -0.25) is 9.05 Å². The van der Waals surface area contributed by atoms with Crippen molar-refractivity contribution in [1.29, 1.82) is 10.8 Å². The van der Waals surface area contributed by atoms with Gasteiger partial charge in [0.05, 0.1) is 10.6 Å². The molecule has 2 unspecified atom stereocenters. The smallest absolute Gasteiger partial charge is 0.871 e. The number of fused-ring (bicyclic) bond motifs is 2. The fourth-order valence-electron chi connectivity index (χ4n) is 3.33. The van der Waals surface area contributed by atoms with Crippen molar-refractivity contribution < 1.29 is 57.9 Å². The van der Waals surface area contributed by atoms with Crippen molar-refractivity contribution in [1.82, 2.24) is 0 Å². The van der Waals surface area contributed by atoms with Crippen molar-refractivity contribution in [3.63, 3.8) is 0 Å². The number of allylic oxidation sites excluding steroid dienone is 2. The number of hydrogen-bond donors (Lipinski definition) is 2. The average Bonchev–Trinajstić information content (AvgIpc) is 2.79. The third-order valence-corrected chi connectivity index (χ3v) is 8.88. The van der Waals surface area contributed by atoms with Crippen molar-refractivity contribution in [2.75, 3.05) is 14.2 Å². The Kier molecular flexibility index (Phi) is 9.07. The maximum absolute atomic E-state index is 12.3. The molecule has 2 aliphatic heterocycles. The van der Waals surface area contributed by atoms with E-state index in [2.05, 4.69) is 0 Å². The third-order valence-electron chi connectivity index (χ3n) is 4.87. The van der Waals surface area contributed by atoms with Gasteiger partial charge in [0.2, 0.25) is 0 Å². The van der Waals surface area contributed by atoms with Crippen LogP contribution in [-0.4, -0.2) is 25.6 Å². The van der Waals surface area contributed by atoms with Gasteiger partial charge in [-0.2, -0.15) is 0 Å². The van der Waals surface area contributed by atoms with E-state index >= 15 is 0 Å². The largest absolute Gasteiger partial charge is 2.00 e.